The van der Waals surface area contributed by atoms with Crippen LogP contribution in [0.15, 0.2) is 16.7 Å². The number of hydrogen-bond acceptors (Lipinski definition) is 4. The minimum absolute atomic E-state index is 0.205. The number of nitrogens with zero attached hydrogens (tertiary/aromatic N) is 2. The van der Waals surface area contributed by atoms with Crippen LogP contribution in [-0.4, -0.2) is 41.7 Å². The van der Waals surface area contributed by atoms with Crippen LogP contribution in [-0.2, 0) is 4.74 Å². The predicted molar refractivity (Wildman–Crippen MR) is 81.9 cm³/mol. The first-order chi connectivity index (χ1) is 9.60. The van der Waals surface area contributed by atoms with Crippen LogP contribution in [0.1, 0.15) is 25.3 Å². The molecule has 0 saturated carbocycles. The summed E-state index contributed by atoms with van der Waals surface area (Å²) in [7, 11) is 0. The quantitative estimate of drug-likeness (QED) is 0.917. The fourth-order valence-electron chi connectivity index (χ4n) is 2.25. The van der Waals surface area contributed by atoms with E-state index in [-0.39, 0.29) is 6.09 Å². The van der Waals surface area contributed by atoms with Crippen molar-refractivity contribution < 1.29 is 9.53 Å². The third-order valence-electron chi connectivity index (χ3n) is 3.42. The van der Waals surface area contributed by atoms with E-state index in [1.54, 1.807) is 4.90 Å². The third-order valence-corrected chi connectivity index (χ3v) is 4.25. The second-order valence-corrected chi connectivity index (χ2v) is 5.78. The first-order valence-corrected chi connectivity index (χ1v) is 7.70. The maximum absolute atomic E-state index is 11.6. The molecule has 1 amide bonds. The van der Waals surface area contributed by atoms with E-state index in [2.05, 4.69) is 26.2 Å². The number of rotatable bonds is 3. The molecule has 6 heteroatoms. The normalized spacial score (nSPS) is 16.1. The highest BCUT2D eigenvalue weighted by Gasteiger charge is 2.23. The van der Waals surface area contributed by atoms with Crippen molar-refractivity contribution in [3.63, 3.8) is 0 Å². The predicted octanol–water partition coefficient (Wildman–Crippen LogP) is 3.19. The molecule has 0 unspecified atom stereocenters. The Balaban J connectivity index is 1.85. The Morgan fingerprint density at radius 3 is 2.85 bits per heavy atom. The summed E-state index contributed by atoms with van der Waals surface area (Å²) in [5.41, 5.74) is 1.16. The van der Waals surface area contributed by atoms with Gasteiger partial charge >= 0.3 is 6.09 Å². The number of piperidine rings is 1. The van der Waals surface area contributed by atoms with Crippen molar-refractivity contribution >= 4 is 27.8 Å². The molecule has 1 aromatic heterocycles. The summed E-state index contributed by atoms with van der Waals surface area (Å²) in [6.45, 7) is 5.76. The molecule has 110 valence electrons. The van der Waals surface area contributed by atoms with Gasteiger partial charge in [0, 0.05) is 29.8 Å². The van der Waals surface area contributed by atoms with Crippen molar-refractivity contribution in [2.45, 2.75) is 32.7 Å². The zero-order valence-electron chi connectivity index (χ0n) is 11.9. The van der Waals surface area contributed by atoms with Crippen molar-refractivity contribution in [2.75, 3.05) is 25.0 Å². The number of carbonyl (C=O) groups excluding carboxylic acids is 1. The van der Waals surface area contributed by atoms with Gasteiger partial charge in [-0.25, -0.2) is 9.78 Å². The summed E-state index contributed by atoms with van der Waals surface area (Å²) >= 11 is 3.44. The van der Waals surface area contributed by atoms with Crippen molar-refractivity contribution in [2.24, 2.45) is 0 Å². The van der Waals surface area contributed by atoms with E-state index in [0.29, 0.717) is 12.6 Å². The summed E-state index contributed by atoms with van der Waals surface area (Å²) in [5.74, 6) is 0.889. The van der Waals surface area contributed by atoms with Gasteiger partial charge in [-0.3, -0.25) is 0 Å². The first-order valence-electron chi connectivity index (χ1n) is 6.90. The van der Waals surface area contributed by atoms with Crippen LogP contribution in [0, 0.1) is 6.92 Å². The van der Waals surface area contributed by atoms with Crippen LogP contribution < -0.4 is 5.32 Å². The van der Waals surface area contributed by atoms with Gasteiger partial charge in [-0.05, 0) is 54.2 Å². The molecular weight excluding hydrogens is 322 g/mol. The number of anilines is 1. The van der Waals surface area contributed by atoms with Crippen LogP contribution in [0.5, 0.6) is 0 Å². The molecule has 0 atom stereocenters. The molecule has 2 rings (SSSR count). The number of pyridine rings is 1. The molecule has 5 nitrogen and oxygen atoms in total. The van der Waals surface area contributed by atoms with Gasteiger partial charge in [-0.15, -0.1) is 0 Å². The number of ether oxygens (including phenoxy) is 1. The van der Waals surface area contributed by atoms with Crippen molar-refractivity contribution in [3.05, 3.63) is 22.3 Å². The van der Waals surface area contributed by atoms with Crippen molar-refractivity contribution in [1.82, 2.24) is 9.88 Å². The maximum atomic E-state index is 11.6. The number of hydrogen-bond donors (Lipinski definition) is 1. The monoisotopic (exact) mass is 341 g/mol. The van der Waals surface area contributed by atoms with Gasteiger partial charge in [0.2, 0.25) is 0 Å². The molecule has 1 aliphatic rings. The van der Waals surface area contributed by atoms with E-state index in [1.807, 2.05) is 26.1 Å². The number of halogens is 1. The zero-order valence-corrected chi connectivity index (χ0v) is 13.4. The Bertz CT molecular complexity index is 473. The van der Waals surface area contributed by atoms with Crippen LogP contribution in [0.4, 0.5) is 10.6 Å². The summed E-state index contributed by atoms with van der Waals surface area (Å²) in [4.78, 5) is 17.7. The van der Waals surface area contributed by atoms with Gasteiger partial charge in [0.05, 0.1) is 6.61 Å². The van der Waals surface area contributed by atoms with Gasteiger partial charge in [0.15, 0.2) is 0 Å². The number of likely N-dealkylation sites (tertiary alicyclic amines) is 1. The van der Waals surface area contributed by atoms with E-state index in [4.69, 9.17) is 4.74 Å². The maximum Gasteiger partial charge on any atom is 0.409 e. The lowest BCUT2D eigenvalue weighted by Crippen LogP contribution is -2.42. The summed E-state index contributed by atoms with van der Waals surface area (Å²) in [6, 6.07) is 2.38. The fraction of sp³-hybridized carbons (Fsp3) is 0.571. The Morgan fingerprint density at radius 1 is 1.55 bits per heavy atom. The molecule has 0 aliphatic carbocycles. The molecule has 0 spiro atoms. The van der Waals surface area contributed by atoms with E-state index in [1.165, 1.54) is 0 Å². The SMILES string of the molecule is CCOC(=O)N1CCC(Nc2cc(C)c(Br)cn2)CC1. The average molecular weight is 342 g/mol. The molecular formula is C14H20BrN3O2. The van der Waals surface area contributed by atoms with E-state index in [0.717, 1.165) is 41.8 Å². The Labute approximate surface area is 127 Å². The Hall–Kier alpha value is -1.30. The highest BCUT2D eigenvalue weighted by molar-refractivity contribution is 9.10. The summed E-state index contributed by atoms with van der Waals surface area (Å²) in [5, 5.41) is 3.43. The second kappa shape index (κ2) is 6.92. The average Bonchev–Trinajstić information content (AvgIpc) is 2.44. The molecule has 0 aromatic carbocycles. The lowest BCUT2D eigenvalue weighted by atomic mass is 10.1. The zero-order chi connectivity index (χ0) is 14.5. The molecule has 20 heavy (non-hydrogen) atoms. The highest BCUT2D eigenvalue weighted by atomic mass is 79.9. The molecule has 2 heterocycles. The topological polar surface area (TPSA) is 54.5 Å². The standard InChI is InChI=1S/C14H20BrN3O2/c1-3-20-14(19)18-6-4-11(5-7-18)17-13-8-10(2)12(15)9-16-13/h8-9,11H,3-7H2,1-2H3,(H,16,17). The number of carbonyl (C=O) groups is 1. The van der Waals surface area contributed by atoms with Gasteiger partial charge < -0.3 is 15.0 Å². The van der Waals surface area contributed by atoms with E-state index in [9.17, 15) is 4.79 Å². The minimum Gasteiger partial charge on any atom is -0.450 e. The smallest absolute Gasteiger partial charge is 0.409 e. The lowest BCUT2D eigenvalue weighted by Gasteiger charge is -2.31. The Morgan fingerprint density at radius 2 is 2.25 bits per heavy atom. The van der Waals surface area contributed by atoms with E-state index >= 15 is 0 Å². The van der Waals surface area contributed by atoms with Crippen LogP contribution in [0.2, 0.25) is 0 Å². The number of aryl methyl sites for hydroxylation is 1. The molecule has 1 aromatic rings. The first kappa shape index (κ1) is 15.1. The number of aromatic nitrogens is 1. The number of amides is 1. The fourth-order valence-corrected chi connectivity index (χ4v) is 2.47. The van der Waals surface area contributed by atoms with Crippen LogP contribution in [0.3, 0.4) is 0 Å². The molecule has 1 aliphatic heterocycles. The molecule has 1 saturated heterocycles. The second-order valence-electron chi connectivity index (χ2n) is 4.92. The van der Waals surface area contributed by atoms with Crippen molar-refractivity contribution in [1.29, 1.82) is 0 Å². The largest absolute Gasteiger partial charge is 0.450 e. The van der Waals surface area contributed by atoms with Gasteiger partial charge in [-0.2, -0.15) is 0 Å². The molecule has 0 radical (unpaired) electrons. The number of nitrogens with one attached hydrogen (secondary N) is 1. The lowest BCUT2D eigenvalue weighted by molar-refractivity contribution is 0.0983. The highest BCUT2D eigenvalue weighted by Crippen LogP contribution is 2.20. The van der Waals surface area contributed by atoms with Crippen LogP contribution in [0.25, 0.3) is 0 Å². The third kappa shape index (κ3) is 3.85. The van der Waals surface area contributed by atoms with Crippen molar-refractivity contribution in [3.8, 4) is 0 Å². The molecule has 0 bridgehead atoms. The Kier molecular flexibility index (Phi) is 5.23. The van der Waals surface area contributed by atoms with Gasteiger partial charge in [0.1, 0.15) is 5.82 Å². The summed E-state index contributed by atoms with van der Waals surface area (Å²) in [6.07, 6.45) is 3.43. The minimum atomic E-state index is -0.205. The summed E-state index contributed by atoms with van der Waals surface area (Å²) < 4.78 is 6.03. The van der Waals surface area contributed by atoms with Gasteiger partial charge in [0.25, 0.3) is 0 Å². The molecule has 1 N–H and O–H groups in total. The van der Waals surface area contributed by atoms with E-state index < -0.39 is 0 Å². The molecule has 1 fully saturated rings. The van der Waals surface area contributed by atoms with Gasteiger partial charge in [-0.1, -0.05) is 0 Å². The van der Waals surface area contributed by atoms with Crippen LogP contribution >= 0.6 is 15.9 Å².